The summed E-state index contributed by atoms with van der Waals surface area (Å²) in [6, 6.07) is 13.7. The molecule has 2 aromatic heterocycles. The number of benzene rings is 1. The lowest BCUT2D eigenvalue weighted by Gasteiger charge is -2.24. The lowest BCUT2D eigenvalue weighted by molar-refractivity contribution is 0.247. The highest BCUT2D eigenvalue weighted by molar-refractivity contribution is 5.89. The van der Waals surface area contributed by atoms with E-state index in [0.29, 0.717) is 5.69 Å². The van der Waals surface area contributed by atoms with Crippen LogP contribution in [0.2, 0.25) is 0 Å². The summed E-state index contributed by atoms with van der Waals surface area (Å²) in [5.74, 6) is 0. The van der Waals surface area contributed by atoms with E-state index in [1.807, 2.05) is 30.5 Å². The van der Waals surface area contributed by atoms with Crippen LogP contribution in [0.4, 0.5) is 10.5 Å². The molecule has 132 valence electrons. The summed E-state index contributed by atoms with van der Waals surface area (Å²) < 4.78 is 2.05. The van der Waals surface area contributed by atoms with Crippen molar-refractivity contribution in [3.05, 3.63) is 77.9 Å². The van der Waals surface area contributed by atoms with Crippen LogP contribution in [0.15, 0.2) is 61.1 Å². The number of hydrogen-bond acceptors (Lipinski definition) is 3. The Balaban J connectivity index is 1.47. The molecule has 0 saturated carbocycles. The van der Waals surface area contributed by atoms with Gasteiger partial charge in [-0.1, -0.05) is 30.3 Å². The number of nitrogens with one attached hydrogen (secondary N) is 2. The fraction of sp³-hybridized carbons (Fsp3) is 0.250. The second-order valence-corrected chi connectivity index (χ2v) is 6.47. The summed E-state index contributed by atoms with van der Waals surface area (Å²) in [5, 5.41) is 10.5. The van der Waals surface area contributed by atoms with E-state index in [9.17, 15) is 4.79 Å². The van der Waals surface area contributed by atoms with Crippen molar-refractivity contribution in [2.45, 2.75) is 31.8 Å². The van der Waals surface area contributed by atoms with Crippen LogP contribution in [-0.4, -0.2) is 20.8 Å². The molecule has 2 N–H and O–H groups in total. The minimum absolute atomic E-state index is 0.0139. The minimum atomic E-state index is -0.216. The largest absolute Gasteiger partial charge is 0.331 e. The Labute approximate surface area is 152 Å². The van der Waals surface area contributed by atoms with Gasteiger partial charge in [0, 0.05) is 17.5 Å². The molecule has 2 heterocycles. The maximum atomic E-state index is 12.3. The van der Waals surface area contributed by atoms with Crippen molar-refractivity contribution < 1.29 is 4.79 Å². The molecule has 6 nitrogen and oxygen atoms in total. The standard InChI is InChI=1S/C20H21N5O/c26-20(23-16-8-5-11-21-12-16)24-18-9-4-10-19-17(18)13-22-25(19)14-15-6-2-1-3-7-15/h1-3,5-8,11-13,18H,4,9-10,14H2,(H2,23,24,26)/t18-/m0/s1. The topological polar surface area (TPSA) is 71.8 Å². The SMILES string of the molecule is O=C(Nc1cccnc1)N[C@H]1CCCc2c1cnn2Cc1ccccc1. The molecule has 1 atom stereocenters. The van der Waals surface area contributed by atoms with Crippen molar-refractivity contribution in [2.75, 3.05) is 5.32 Å². The maximum Gasteiger partial charge on any atom is 0.319 e. The van der Waals surface area contributed by atoms with E-state index in [-0.39, 0.29) is 12.1 Å². The van der Waals surface area contributed by atoms with Gasteiger partial charge >= 0.3 is 6.03 Å². The van der Waals surface area contributed by atoms with Gasteiger partial charge in [0.15, 0.2) is 0 Å². The highest BCUT2D eigenvalue weighted by atomic mass is 16.2. The first kappa shape index (κ1) is 16.3. The van der Waals surface area contributed by atoms with E-state index in [1.54, 1.807) is 18.5 Å². The number of aromatic nitrogens is 3. The Hall–Kier alpha value is -3.15. The van der Waals surface area contributed by atoms with Gasteiger partial charge in [0.2, 0.25) is 0 Å². The van der Waals surface area contributed by atoms with Crippen molar-refractivity contribution in [1.29, 1.82) is 0 Å². The van der Waals surface area contributed by atoms with Crippen LogP contribution in [-0.2, 0) is 13.0 Å². The molecule has 0 spiro atoms. The smallest absolute Gasteiger partial charge is 0.319 e. The monoisotopic (exact) mass is 347 g/mol. The molecular formula is C20H21N5O. The summed E-state index contributed by atoms with van der Waals surface area (Å²) in [4.78, 5) is 16.3. The molecule has 0 unspecified atom stereocenters. The number of anilines is 1. The number of carbonyl (C=O) groups is 1. The van der Waals surface area contributed by atoms with E-state index in [0.717, 1.165) is 31.4 Å². The van der Waals surface area contributed by atoms with Crippen LogP contribution in [0.1, 0.15) is 35.7 Å². The van der Waals surface area contributed by atoms with E-state index in [1.165, 1.54) is 11.3 Å². The first-order valence-electron chi connectivity index (χ1n) is 8.85. The number of amides is 2. The van der Waals surface area contributed by atoms with Crippen molar-refractivity contribution >= 4 is 11.7 Å². The van der Waals surface area contributed by atoms with E-state index >= 15 is 0 Å². The number of fused-ring (bicyclic) bond motifs is 1. The van der Waals surface area contributed by atoms with Gasteiger partial charge in [0.25, 0.3) is 0 Å². The van der Waals surface area contributed by atoms with Crippen molar-refractivity contribution in [3.63, 3.8) is 0 Å². The van der Waals surface area contributed by atoms with E-state index < -0.39 is 0 Å². The molecule has 1 aromatic carbocycles. The third-order valence-corrected chi connectivity index (χ3v) is 4.66. The Morgan fingerprint density at radius 1 is 1.15 bits per heavy atom. The van der Waals surface area contributed by atoms with Crippen LogP contribution >= 0.6 is 0 Å². The lowest BCUT2D eigenvalue weighted by Crippen LogP contribution is -2.34. The van der Waals surface area contributed by atoms with Gasteiger partial charge in [0.05, 0.1) is 30.7 Å². The molecule has 6 heteroatoms. The number of carbonyl (C=O) groups excluding carboxylic acids is 1. The third-order valence-electron chi connectivity index (χ3n) is 4.66. The molecule has 26 heavy (non-hydrogen) atoms. The second kappa shape index (κ2) is 7.39. The highest BCUT2D eigenvalue weighted by Gasteiger charge is 2.25. The van der Waals surface area contributed by atoms with Gasteiger partial charge < -0.3 is 10.6 Å². The van der Waals surface area contributed by atoms with E-state index in [2.05, 4.69) is 37.5 Å². The van der Waals surface area contributed by atoms with Crippen LogP contribution < -0.4 is 10.6 Å². The van der Waals surface area contributed by atoms with Gasteiger partial charge in [0.1, 0.15) is 0 Å². The van der Waals surface area contributed by atoms with Crippen molar-refractivity contribution in [3.8, 4) is 0 Å². The fourth-order valence-electron chi connectivity index (χ4n) is 3.42. The van der Waals surface area contributed by atoms with Crippen LogP contribution in [0.3, 0.4) is 0 Å². The summed E-state index contributed by atoms with van der Waals surface area (Å²) >= 11 is 0. The molecule has 1 aliphatic rings. The Bertz CT molecular complexity index is 876. The zero-order chi connectivity index (χ0) is 17.8. The number of rotatable bonds is 4. The van der Waals surface area contributed by atoms with Crippen LogP contribution in [0.25, 0.3) is 0 Å². The van der Waals surface area contributed by atoms with Gasteiger partial charge in [-0.05, 0) is 37.0 Å². The second-order valence-electron chi connectivity index (χ2n) is 6.47. The average molecular weight is 347 g/mol. The molecule has 0 bridgehead atoms. The molecule has 0 aliphatic heterocycles. The maximum absolute atomic E-state index is 12.3. The number of hydrogen-bond donors (Lipinski definition) is 2. The summed E-state index contributed by atoms with van der Waals surface area (Å²) in [5.41, 5.74) is 4.24. The zero-order valence-corrected chi connectivity index (χ0v) is 14.4. The van der Waals surface area contributed by atoms with Gasteiger partial charge in [-0.25, -0.2) is 4.79 Å². The molecule has 0 fully saturated rings. The molecule has 3 aromatic rings. The molecule has 0 saturated heterocycles. The Kier molecular flexibility index (Phi) is 4.64. The first-order valence-corrected chi connectivity index (χ1v) is 8.85. The van der Waals surface area contributed by atoms with Crippen LogP contribution in [0.5, 0.6) is 0 Å². The van der Waals surface area contributed by atoms with Crippen molar-refractivity contribution in [2.24, 2.45) is 0 Å². The molecule has 0 radical (unpaired) electrons. The molecular weight excluding hydrogens is 326 g/mol. The quantitative estimate of drug-likeness (QED) is 0.758. The average Bonchev–Trinajstić information content (AvgIpc) is 3.07. The molecule has 1 aliphatic carbocycles. The number of nitrogens with zero attached hydrogens (tertiary/aromatic N) is 3. The number of pyridine rings is 1. The summed E-state index contributed by atoms with van der Waals surface area (Å²) in [7, 11) is 0. The van der Waals surface area contributed by atoms with Gasteiger partial charge in [-0.15, -0.1) is 0 Å². The van der Waals surface area contributed by atoms with E-state index in [4.69, 9.17) is 0 Å². The predicted molar refractivity (Wildman–Crippen MR) is 99.8 cm³/mol. The van der Waals surface area contributed by atoms with Crippen LogP contribution in [0, 0.1) is 0 Å². The minimum Gasteiger partial charge on any atom is -0.331 e. The predicted octanol–water partition coefficient (Wildman–Crippen LogP) is 3.53. The molecule has 4 rings (SSSR count). The first-order chi connectivity index (χ1) is 12.8. The highest BCUT2D eigenvalue weighted by Crippen LogP contribution is 2.30. The number of urea groups is 1. The fourth-order valence-corrected chi connectivity index (χ4v) is 3.42. The Morgan fingerprint density at radius 2 is 2.04 bits per heavy atom. The lowest BCUT2D eigenvalue weighted by atomic mass is 9.93. The molecule has 2 amide bonds. The normalized spacial score (nSPS) is 15.9. The zero-order valence-electron chi connectivity index (χ0n) is 14.4. The summed E-state index contributed by atoms with van der Waals surface area (Å²) in [6.45, 7) is 0.755. The van der Waals surface area contributed by atoms with Gasteiger partial charge in [-0.2, -0.15) is 5.10 Å². The Morgan fingerprint density at radius 3 is 2.85 bits per heavy atom. The van der Waals surface area contributed by atoms with Crippen molar-refractivity contribution in [1.82, 2.24) is 20.1 Å². The van der Waals surface area contributed by atoms with Gasteiger partial charge in [-0.3, -0.25) is 9.67 Å². The third kappa shape index (κ3) is 3.59. The summed E-state index contributed by atoms with van der Waals surface area (Å²) in [6.07, 6.45) is 8.15.